The third-order valence-corrected chi connectivity index (χ3v) is 6.48. The molecule has 1 aromatic rings. The fourth-order valence-corrected chi connectivity index (χ4v) is 5.08. The Balaban J connectivity index is 1.99. The summed E-state index contributed by atoms with van der Waals surface area (Å²) in [5, 5.41) is 0. The molecule has 0 radical (unpaired) electrons. The second-order valence-electron chi connectivity index (χ2n) is 9.11. The minimum atomic E-state index is 0.0243. The molecule has 2 aliphatic rings. The lowest BCUT2D eigenvalue weighted by Crippen LogP contribution is -2.21. The molecule has 0 aliphatic heterocycles. The highest BCUT2D eigenvalue weighted by atomic mass is 16.1. The molecule has 0 saturated heterocycles. The van der Waals surface area contributed by atoms with Crippen LogP contribution in [0.1, 0.15) is 85.8 Å². The molecule has 0 fully saturated rings. The molecule has 0 saturated carbocycles. The summed E-state index contributed by atoms with van der Waals surface area (Å²) in [7, 11) is 0. The normalized spacial score (nSPS) is 21.5. The first kappa shape index (κ1) is 19.1. The number of benzene rings is 1. The molecule has 26 heavy (non-hydrogen) atoms. The van der Waals surface area contributed by atoms with E-state index >= 15 is 0 Å². The Morgan fingerprint density at radius 1 is 1.08 bits per heavy atom. The lowest BCUT2D eigenvalue weighted by Gasteiger charge is -2.27. The summed E-state index contributed by atoms with van der Waals surface area (Å²) in [4.78, 5) is 24.8. The highest BCUT2D eigenvalue weighted by Crippen LogP contribution is 2.45. The first-order valence-corrected chi connectivity index (χ1v) is 10.0. The van der Waals surface area contributed by atoms with E-state index in [4.69, 9.17) is 0 Å². The summed E-state index contributed by atoms with van der Waals surface area (Å²) < 4.78 is 0. The maximum Gasteiger partial charge on any atom is 0.166 e. The van der Waals surface area contributed by atoms with Crippen LogP contribution in [0.4, 0.5) is 0 Å². The van der Waals surface area contributed by atoms with Gasteiger partial charge in [0.1, 0.15) is 0 Å². The zero-order valence-electron chi connectivity index (χ0n) is 17.2. The van der Waals surface area contributed by atoms with Crippen LogP contribution in [0.2, 0.25) is 0 Å². The Hall–Kier alpha value is -1.70. The smallest absolute Gasteiger partial charge is 0.166 e. The van der Waals surface area contributed by atoms with E-state index < -0.39 is 0 Å². The molecule has 0 heterocycles. The second-order valence-corrected chi connectivity index (χ2v) is 9.11. The lowest BCUT2D eigenvalue weighted by atomic mass is 9.76. The molecule has 0 spiro atoms. The number of carbonyl (C=O) groups excluding carboxylic acids is 2. The number of hydrogen-bond acceptors (Lipinski definition) is 2. The van der Waals surface area contributed by atoms with Crippen molar-refractivity contribution in [3.8, 4) is 0 Å². The Bertz CT molecular complexity index is 808. The highest BCUT2D eigenvalue weighted by molar-refractivity contribution is 6.20. The van der Waals surface area contributed by atoms with Gasteiger partial charge in [-0.2, -0.15) is 0 Å². The predicted octanol–water partition coefficient (Wildman–Crippen LogP) is 5.48. The zero-order chi connectivity index (χ0) is 19.2. The molecule has 1 unspecified atom stereocenters. The SMILES string of the molecule is CCCC(=O)C1=CCC(c2c(C)c(C)c3c(c2C)CC(C)(C)C3)CC1=O. The van der Waals surface area contributed by atoms with Crippen LogP contribution in [0, 0.1) is 26.2 Å². The molecule has 0 amide bonds. The maximum absolute atomic E-state index is 12.6. The highest BCUT2D eigenvalue weighted by Gasteiger charge is 2.35. The van der Waals surface area contributed by atoms with Gasteiger partial charge in [-0.3, -0.25) is 9.59 Å². The Kier molecular flexibility index (Phi) is 4.98. The molecule has 140 valence electrons. The summed E-state index contributed by atoms with van der Waals surface area (Å²) in [6.45, 7) is 13.4. The van der Waals surface area contributed by atoms with Crippen LogP contribution in [-0.4, -0.2) is 11.6 Å². The van der Waals surface area contributed by atoms with E-state index in [-0.39, 0.29) is 17.5 Å². The molecule has 0 bridgehead atoms. The number of rotatable bonds is 4. The van der Waals surface area contributed by atoms with Gasteiger partial charge in [0.25, 0.3) is 0 Å². The van der Waals surface area contributed by atoms with Crippen LogP contribution >= 0.6 is 0 Å². The summed E-state index contributed by atoms with van der Waals surface area (Å²) in [5.41, 5.74) is 9.35. The average Bonchev–Trinajstić information content (AvgIpc) is 2.89. The number of allylic oxidation sites excluding steroid dienone is 2. The van der Waals surface area contributed by atoms with Gasteiger partial charge in [0.2, 0.25) is 0 Å². The van der Waals surface area contributed by atoms with E-state index in [0.717, 1.165) is 25.7 Å². The van der Waals surface area contributed by atoms with E-state index in [1.807, 2.05) is 13.0 Å². The number of ketones is 2. The van der Waals surface area contributed by atoms with Crippen LogP contribution in [0.15, 0.2) is 11.6 Å². The van der Waals surface area contributed by atoms with E-state index in [9.17, 15) is 9.59 Å². The van der Waals surface area contributed by atoms with Crippen molar-refractivity contribution in [3.63, 3.8) is 0 Å². The summed E-state index contributed by atoms with van der Waals surface area (Å²) in [6.07, 6.45) is 6.75. The van der Waals surface area contributed by atoms with Crippen molar-refractivity contribution in [2.45, 2.75) is 86.0 Å². The van der Waals surface area contributed by atoms with Crippen LogP contribution in [-0.2, 0) is 22.4 Å². The number of hydrogen-bond donors (Lipinski definition) is 0. The number of fused-ring (bicyclic) bond motifs is 1. The molecule has 3 rings (SSSR count). The third-order valence-electron chi connectivity index (χ3n) is 6.48. The topological polar surface area (TPSA) is 34.1 Å². The predicted molar refractivity (Wildman–Crippen MR) is 107 cm³/mol. The van der Waals surface area contributed by atoms with Crippen LogP contribution < -0.4 is 0 Å². The van der Waals surface area contributed by atoms with E-state index in [2.05, 4.69) is 34.6 Å². The van der Waals surface area contributed by atoms with Crippen molar-refractivity contribution < 1.29 is 9.59 Å². The van der Waals surface area contributed by atoms with Crippen molar-refractivity contribution in [1.82, 2.24) is 0 Å². The van der Waals surface area contributed by atoms with Gasteiger partial charge >= 0.3 is 0 Å². The Labute approximate surface area is 158 Å². The van der Waals surface area contributed by atoms with Crippen LogP contribution in [0.3, 0.4) is 0 Å². The molecule has 1 atom stereocenters. The van der Waals surface area contributed by atoms with E-state index in [1.165, 1.54) is 33.4 Å². The van der Waals surface area contributed by atoms with Gasteiger partial charge in [0.15, 0.2) is 11.6 Å². The molecular formula is C24H32O2. The quantitative estimate of drug-likeness (QED) is 0.673. The monoisotopic (exact) mass is 352 g/mol. The van der Waals surface area contributed by atoms with Gasteiger partial charge < -0.3 is 0 Å². The maximum atomic E-state index is 12.6. The zero-order valence-corrected chi connectivity index (χ0v) is 17.2. The van der Waals surface area contributed by atoms with Crippen molar-refractivity contribution in [1.29, 1.82) is 0 Å². The van der Waals surface area contributed by atoms with Crippen molar-refractivity contribution in [2.24, 2.45) is 5.41 Å². The molecular weight excluding hydrogens is 320 g/mol. The van der Waals surface area contributed by atoms with Crippen LogP contribution in [0.5, 0.6) is 0 Å². The molecule has 0 N–H and O–H groups in total. The van der Waals surface area contributed by atoms with Gasteiger partial charge in [-0.25, -0.2) is 0 Å². The minimum absolute atomic E-state index is 0.0243. The molecule has 1 aromatic carbocycles. The van der Waals surface area contributed by atoms with Crippen LogP contribution in [0.25, 0.3) is 0 Å². The fraction of sp³-hybridized carbons (Fsp3) is 0.583. The Morgan fingerprint density at radius 3 is 2.27 bits per heavy atom. The van der Waals surface area contributed by atoms with Gasteiger partial charge in [-0.15, -0.1) is 0 Å². The van der Waals surface area contributed by atoms with Gasteiger partial charge in [0.05, 0.1) is 5.57 Å². The average molecular weight is 353 g/mol. The second kappa shape index (κ2) is 6.79. The van der Waals surface area contributed by atoms with Gasteiger partial charge in [0, 0.05) is 12.8 Å². The van der Waals surface area contributed by atoms with E-state index in [1.54, 1.807) is 0 Å². The summed E-state index contributed by atoms with van der Waals surface area (Å²) in [5.74, 6) is 0.279. The fourth-order valence-electron chi connectivity index (χ4n) is 5.08. The first-order chi connectivity index (χ1) is 12.2. The lowest BCUT2D eigenvalue weighted by molar-refractivity contribution is -0.122. The van der Waals surface area contributed by atoms with Crippen molar-refractivity contribution in [3.05, 3.63) is 45.0 Å². The number of carbonyl (C=O) groups is 2. The van der Waals surface area contributed by atoms with Crippen molar-refractivity contribution >= 4 is 11.6 Å². The Morgan fingerprint density at radius 2 is 1.69 bits per heavy atom. The summed E-state index contributed by atoms with van der Waals surface area (Å²) in [6, 6.07) is 0. The standard InChI is InChI=1S/C24H32O2/c1-7-8-21(25)18-10-9-17(11-22(18)26)23-15(3)14(2)19-12-24(5,6)13-20(19)16(23)4/h10,17H,7-9,11-13H2,1-6H3. The number of Topliss-reactive ketones (excluding diaryl/α,β-unsaturated/α-hetero) is 2. The molecule has 2 nitrogen and oxygen atoms in total. The molecule has 2 aliphatic carbocycles. The van der Waals surface area contributed by atoms with Gasteiger partial charge in [-0.1, -0.05) is 26.8 Å². The largest absolute Gasteiger partial charge is 0.294 e. The van der Waals surface area contributed by atoms with Crippen molar-refractivity contribution in [2.75, 3.05) is 0 Å². The van der Waals surface area contributed by atoms with E-state index in [0.29, 0.717) is 23.8 Å². The van der Waals surface area contributed by atoms with Gasteiger partial charge in [-0.05, 0) is 91.2 Å². The minimum Gasteiger partial charge on any atom is -0.294 e. The third kappa shape index (κ3) is 3.19. The molecule has 2 heteroatoms. The summed E-state index contributed by atoms with van der Waals surface area (Å²) >= 11 is 0. The first-order valence-electron chi connectivity index (χ1n) is 10.0. The molecule has 0 aromatic heterocycles.